The summed E-state index contributed by atoms with van der Waals surface area (Å²) in [5, 5.41) is 2.31. The van der Waals surface area contributed by atoms with Crippen LogP contribution in [-0.4, -0.2) is 15.0 Å². The van der Waals surface area contributed by atoms with Crippen LogP contribution in [0.3, 0.4) is 0 Å². The monoisotopic (exact) mass is 367 g/mol. The number of H-pyrrole nitrogens is 1. The number of aromatic nitrogens is 3. The fourth-order valence-corrected chi connectivity index (χ4v) is 3.69. The Labute approximate surface area is 161 Å². The number of benzene rings is 2. The van der Waals surface area contributed by atoms with Crippen LogP contribution < -0.4 is 0 Å². The lowest BCUT2D eigenvalue weighted by Gasteiger charge is -2.10. The summed E-state index contributed by atoms with van der Waals surface area (Å²) in [7, 11) is 0. The van der Waals surface area contributed by atoms with Gasteiger partial charge >= 0.3 is 0 Å². The Morgan fingerprint density at radius 2 is 1.46 bits per heavy atom. The van der Waals surface area contributed by atoms with E-state index < -0.39 is 6.17 Å². The second kappa shape index (κ2) is 6.57. The second-order valence-corrected chi connectivity index (χ2v) is 6.91. The van der Waals surface area contributed by atoms with Crippen LogP contribution in [0.15, 0.2) is 78.9 Å². The fraction of sp³-hybridized carbons (Fsp3) is 0.0833. The zero-order chi connectivity index (χ0) is 19.1. The SMILES string of the molecule is Cc1cccc(C(F)c2cccc(-c3cccc4c3[nH]c3ccccc34)n2)n1. The molecule has 1 N–H and O–H groups in total. The summed E-state index contributed by atoms with van der Waals surface area (Å²) in [6.07, 6.45) is -1.36. The third-order valence-corrected chi connectivity index (χ3v) is 5.02. The molecule has 5 aromatic rings. The maximum absolute atomic E-state index is 15.1. The third-order valence-electron chi connectivity index (χ3n) is 5.02. The van der Waals surface area contributed by atoms with Crippen molar-refractivity contribution < 1.29 is 4.39 Å². The van der Waals surface area contributed by atoms with Crippen LogP contribution in [0.4, 0.5) is 4.39 Å². The van der Waals surface area contributed by atoms with E-state index in [1.54, 1.807) is 12.1 Å². The molecule has 1 unspecified atom stereocenters. The molecule has 0 saturated carbocycles. The molecule has 1 atom stereocenters. The van der Waals surface area contributed by atoms with Crippen LogP contribution >= 0.6 is 0 Å². The highest BCUT2D eigenvalue weighted by Gasteiger charge is 2.17. The standard InChI is InChI=1S/C24H18FN3/c1-15-7-4-13-21(26-15)23(25)22-14-6-12-20(27-22)18-10-5-9-17-16-8-2-3-11-19(16)28-24(17)18/h2-14,23,28H,1H3. The average molecular weight is 367 g/mol. The Balaban J connectivity index is 1.64. The number of rotatable bonds is 3. The number of para-hydroxylation sites is 2. The molecule has 5 rings (SSSR count). The van der Waals surface area contributed by atoms with Crippen molar-refractivity contribution in [1.29, 1.82) is 0 Å². The molecule has 2 aromatic carbocycles. The highest BCUT2D eigenvalue weighted by Crippen LogP contribution is 2.33. The van der Waals surface area contributed by atoms with Crippen LogP contribution in [-0.2, 0) is 0 Å². The number of aryl methyl sites for hydroxylation is 1. The Bertz CT molecular complexity index is 1310. The van der Waals surface area contributed by atoms with Crippen LogP contribution in [0.1, 0.15) is 23.3 Å². The summed E-state index contributed by atoms with van der Waals surface area (Å²) >= 11 is 0. The molecule has 0 radical (unpaired) electrons. The van der Waals surface area contributed by atoms with Gasteiger partial charge in [0.2, 0.25) is 0 Å². The molecule has 0 spiro atoms. The molecule has 0 aliphatic heterocycles. The minimum Gasteiger partial charge on any atom is -0.354 e. The second-order valence-electron chi connectivity index (χ2n) is 6.91. The summed E-state index contributed by atoms with van der Waals surface area (Å²) in [5.74, 6) is 0. The van der Waals surface area contributed by atoms with Gasteiger partial charge in [0.15, 0.2) is 6.17 Å². The Morgan fingerprint density at radius 3 is 2.32 bits per heavy atom. The summed E-state index contributed by atoms with van der Waals surface area (Å²) < 4.78 is 15.1. The first kappa shape index (κ1) is 16.6. The summed E-state index contributed by atoms with van der Waals surface area (Å²) in [6, 6.07) is 25.2. The molecule has 28 heavy (non-hydrogen) atoms. The topological polar surface area (TPSA) is 41.6 Å². The van der Waals surface area contributed by atoms with Gasteiger partial charge < -0.3 is 4.98 Å². The minimum absolute atomic E-state index is 0.365. The highest BCUT2D eigenvalue weighted by atomic mass is 19.1. The number of aromatic amines is 1. The van der Waals surface area contributed by atoms with Gasteiger partial charge in [-0.05, 0) is 37.3 Å². The number of nitrogens with zero attached hydrogens (tertiary/aromatic N) is 2. The first-order chi connectivity index (χ1) is 13.7. The Kier molecular flexibility index (Phi) is 3.90. The fourth-order valence-electron chi connectivity index (χ4n) is 3.69. The van der Waals surface area contributed by atoms with Crippen molar-refractivity contribution in [1.82, 2.24) is 15.0 Å². The smallest absolute Gasteiger partial charge is 0.184 e. The van der Waals surface area contributed by atoms with Gasteiger partial charge in [-0.15, -0.1) is 0 Å². The molecule has 0 fully saturated rings. The van der Waals surface area contributed by atoms with E-state index in [1.165, 1.54) is 5.39 Å². The van der Waals surface area contributed by atoms with Crippen LogP contribution in [0.5, 0.6) is 0 Å². The van der Waals surface area contributed by atoms with Crippen LogP contribution in [0, 0.1) is 6.92 Å². The van der Waals surface area contributed by atoms with Gasteiger partial charge in [0.1, 0.15) is 0 Å². The first-order valence-electron chi connectivity index (χ1n) is 9.25. The molecular formula is C24H18FN3. The largest absolute Gasteiger partial charge is 0.354 e. The Hall–Kier alpha value is -3.53. The van der Waals surface area contributed by atoms with Gasteiger partial charge in [0.05, 0.1) is 22.6 Å². The molecule has 0 saturated heterocycles. The molecule has 4 heteroatoms. The highest BCUT2D eigenvalue weighted by molar-refractivity contribution is 6.11. The van der Waals surface area contributed by atoms with Gasteiger partial charge in [-0.25, -0.2) is 9.37 Å². The van der Waals surface area contributed by atoms with Crippen LogP contribution in [0.2, 0.25) is 0 Å². The van der Waals surface area contributed by atoms with Crippen molar-refractivity contribution in [3.8, 4) is 11.3 Å². The van der Waals surface area contributed by atoms with E-state index in [1.807, 2.05) is 55.5 Å². The quantitative estimate of drug-likeness (QED) is 0.416. The van der Waals surface area contributed by atoms with E-state index in [4.69, 9.17) is 0 Å². The molecule has 136 valence electrons. The van der Waals surface area contributed by atoms with Gasteiger partial charge in [-0.2, -0.15) is 0 Å². The van der Waals surface area contributed by atoms with E-state index in [2.05, 4.69) is 33.2 Å². The lowest BCUT2D eigenvalue weighted by molar-refractivity contribution is 0.385. The third kappa shape index (κ3) is 2.74. The number of halogens is 1. The van der Waals surface area contributed by atoms with Crippen molar-refractivity contribution in [2.75, 3.05) is 0 Å². The van der Waals surface area contributed by atoms with E-state index in [0.717, 1.165) is 33.4 Å². The van der Waals surface area contributed by atoms with E-state index in [0.29, 0.717) is 11.4 Å². The number of fused-ring (bicyclic) bond motifs is 3. The Morgan fingerprint density at radius 1 is 0.750 bits per heavy atom. The number of hydrogen-bond donors (Lipinski definition) is 1. The normalized spacial score (nSPS) is 12.5. The molecule has 3 heterocycles. The van der Waals surface area contributed by atoms with E-state index in [-0.39, 0.29) is 0 Å². The first-order valence-corrected chi connectivity index (χ1v) is 9.25. The number of hydrogen-bond acceptors (Lipinski definition) is 2. The zero-order valence-electron chi connectivity index (χ0n) is 15.4. The predicted octanol–water partition coefficient (Wildman–Crippen LogP) is 6.15. The number of alkyl halides is 1. The maximum Gasteiger partial charge on any atom is 0.184 e. The van der Waals surface area contributed by atoms with Gasteiger partial charge in [0, 0.05) is 27.5 Å². The van der Waals surface area contributed by atoms with Gasteiger partial charge in [-0.1, -0.05) is 48.5 Å². The number of nitrogens with one attached hydrogen (secondary N) is 1. The van der Waals surface area contributed by atoms with Gasteiger partial charge in [-0.3, -0.25) is 4.98 Å². The van der Waals surface area contributed by atoms with Crippen molar-refractivity contribution in [2.45, 2.75) is 13.1 Å². The molecular weight excluding hydrogens is 349 g/mol. The van der Waals surface area contributed by atoms with Gasteiger partial charge in [0.25, 0.3) is 0 Å². The van der Waals surface area contributed by atoms with Crippen molar-refractivity contribution in [2.24, 2.45) is 0 Å². The van der Waals surface area contributed by atoms with Crippen molar-refractivity contribution in [3.63, 3.8) is 0 Å². The zero-order valence-corrected chi connectivity index (χ0v) is 15.4. The molecule has 0 aliphatic carbocycles. The molecule has 3 aromatic heterocycles. The number of pyridine rings is 2. The minimum atomic E-state index is -1.36. The van der Waals surface area contributed by atoms with E-state index in [9.17, 15) is 0 Å². The molecule has 0 bridgehead atoms. The average Bonchev–Trinajstić information content (AvgIpc) is 3.12. The van der Waals surface area contributed by atoms with E-state index >= 15 is 4.39 Å². The van der Waals surface area contributed by atoms with Crippen molar-refractivity contribution in [3.05, 3.63) is 95.9 Å². The maximum atomic E-state index is 15.1. The van der Waals surface area contributed by atoms with Crippen molar-refractivity contribution >= 4 is 21.8 Å². The summed E-state index contributed by atoms with van der Waals surface area (Å²) in [6.45, 7) is 1.86. The van der Waals surface area contributed by atoms with Crippen LogP contribution in [0.25, 0.3) is 33.1 Å². The molecule has 0 aliphatic rings. The lowest BCUT2D eigenvalue weighted by atomic mass is 10.0. The molecule has 0 amide bonds. The summed E-state index contributed by atoms with van der Waals surface area (Å²) in [4.78, 5) is 12.4. The summed E-state index contributed by atoms with van der Waals surface area (Å²) in [5.41, 5.74) is 5.33. The lowest BCUT2D eigenvalue weighted by Crippen LogP contribution is -2.02. The predicted molar refractivity (Wildman–Crippen MR) is 111 cm³/mol. The molecule has 3 nitrogen and oxygen atoms in total.